The van der Waals surface area contributed by atoms with Crippen LogP contribution >= 0.6 is 0 Å². The van der Waals surface area contributed by atoms with Crippen LogP contribution in [0.25, 0.3) is 77.2 Å². The van der Waals surface area contributed by atoms with Gasteiger partial charge in [-0.25, -0.2) is 0 Å². The Morgan fingerprint density at radius 3 is 1.26 bits per heavy atom. The van der Waals surface area contributed by atoms with Crippen molar-refractivity contribution in [3.63, 3.8) is 0 Å². The second-order valence-corrected chi connectivity index (χ2v) is 14.6. The number of benzene rings is 10. The minimum atomic E-state index is 1.09. The van der Waals surface area contributed by atoms with Crippen molar-refractivity contribution in [2.45, 2.75) is 0 Å². The summed E-state index contributed by atoms with van der Waals surface area (Å²) in [6.07, 6.45) is 0. The molecule has 0 unspecified atom stereocenters. The van der Waals surface area contributed by atoms with E-state index in [2.05, 4.69) is 241 Å². The minimum absolute atomic E-state index is 1.09. The molecule has 0 bridgehead atoms. The lowest BCUT2D eigenvalue weighted by atomic mass is 9.84. The second-order valence-electron chi connectivity index (χ2n) is 14.6. The van der Waals surface area contributed by atoms with E-state index in [1.807, 2.05) is 0 Å². The predicted molar refractivity (Wildman–Crippen MR) is 243 cm³/mol. The van der Waals surface area contributed by atoms with E-state index in [0.717, 1.165) is 22.6 Å². The molecule has 0 aliphatic rings. The van der Waals surface area contributed by atoms with E-state index in [1.165, 1.54) is 71.6 Å². The van der Waals surface area contributed by atoms with E-state index >= 15 is 0 Å². The zero-order chi connectivity index (χ0) is 38.0. The van der Waals surface area contributed by atoms with Crippen molar-refractivity contribution in [1.29, 1.82) is 0 Å². The highest BCUT2D eigenvalue weighted by atomic mass is 15.1. The molecule has 0 saturated carbocycles. The molecule has 10 aromatic carbocycles. The summed E-state index contributed by atoms with van der Waals surface area (Å²) in [6.45, 7) is 0. The maximum atomic E-state index is 2.39. The van der Waals surface area contributed by atoms with E-state index in [9.17, 15) is 0 Å². The van der Waals surface area contributed by atoms with Crippen LogP contribution in [0.3, 0.4) is 0 Å². The third-order valence-electron chi connectivity index (χ3n) is 11.0. The van der Waals surface area contributed by atoms with E-state index in [-0.39, 0.29) is 0 Å². The summed E-state index contributed by atoms with van der Waals surface area (Å²) in [5.74, 6) is 0. The first-order valence-electron chi connectivity index (χ1n) is 19.6. The molecular weight excluding hydrogens is 687 g/mol. The fourth-order valence-corrected chi connectivity index (χ4v) is 8.18. The maximum absolute atomic E-state index is 2.39. The zero-order valence-corrected chi connectivity index (χ0v) is 31.5. The topological polar surface area (TPSA) is 3.24 Å². The van der Waals surface area contributed by atoms with Gasteiger partial charge in [-0.05, 0) is 132 Å². The van der Waals surface area contributed by atoms with Crippen LogP contribution in [0.15, 0.2) is 237 Å². The fraction of sp³-hybridized carbons (Fsp3) is 0. The predicted octanol–water partition coefficient (Wildman–Crippen LogP) is 15.8. The molecule has 0 aliphatic heterocycles. The standard InChI is InChI=1S/C56H39N/c1-4-15-40(16-5-1)50-38-54(44-19-6-2-7-20-44)56(55(39-50)45-21-8-3-9-22-45)49-25-14-26-52(37-49)57(53-34-31-42-18-11-13-24-47(42)36-53)51-32-29-43(30-33-51)48-28-27-41-17-10-12-23-46(41)35-48/h1-39H. The second kappa shape index (κ2) is 15.0. The van der Waals surface area contributed by atoms with Crippen LogP contribution in [-0.2, 0) is 0 Å². The molecule has 0 atom stereocenters. The van der Waals surface area contributed by atoms with E-state index in [4.69, 9.17) is 0 Å². The van der Waals surface area contributed by atoms with Crippen molar-refractivity contribution in [1.82, 2.24) is 0 Å². The summed E-state index contributed by atoms with van der Waals surface area (Å²) in [7, 11) is 0. The molecular formula is C56H39N. The SMILES string of the molecule is c1ccc(-c2cc(-c3ccccc3)c(-c3cccc(N(c4ccc(-c5ccc6ccccc6c5)cc4)c4ccc5ccccc5c4)c3)c(-c3ccccc3)c2)cc1. The highest BCUT2D eigenvalue weighted by Crippen LogP contribution is 2.45. The highest BCUT2D eigenvalue weighted by Gasteiger charge is 2.20. The molecule has 10 aromatic rings. The number of rotatable bonds is 8. The van der Waals surface area contributed by atoms with Gasteiger partial charge in [-0.1, -0.05) is 182 Å². The number of hydrogen-bond acceptors (Lipinski definition) is 1. The lowest BCUT2D eigenvalue weighted by Crippen LogP contribution is -2.10. The van der Waals surface area contributed by atoms with Crippen molar-refractivity contribution in [2.75, 3.05) is 4.90 Å². The van der Waals surface area contributed by atoms with E-state index in [1.54, 1.807) is 0 Å². The first kappa shape index (κ1) is 34.0. The van der Waals surface area contributed by atoms with Gasteiger partial charge in [-0.15, -0.1) is 0 Å². The van der Waals surface area contributed by atoms with Crippen LogP contribution in [0.2, 0.25) is 0 Å². The minimum Gasteiger partial charge on any atom is -0.310 e. The number of nitrogens with zero attached hydrogens (tertiary/aromatic N) is 1. The molecule has 0 amide bonds. The van der Waals surface area contributed by atoms with Crippen molar-refractivity contribution in [3.05, 3.63) is 237 Å². The van der Waals surface area contributed by atoms with Crippen LogP contribution in [0, 0.1) is 0 Å². The van der Waals surface area contributed by atoms with Crippen LogP contribution in [0.4, 0.5) is 17.1 Å². The number of fused-ring (bicyclic) bond motifs is 2. The molecule has 0 radical (unpaired) electrons. The van der Waals surface area contributed by atoms with E-state index in [0.29, 0.717) is 0 Å². The fourth-order valence-electron chi connectivity index (χ4n) is 8.18. The van der Waals surface area contributed by atoms with Gasteiger partial charge in [0, 0.05) is 17.1 Å². The first-order chi connectivity index (χ1) is 28.2. The van der Waals surface area contributed by atoms with Crippen molar-refractivity contribution in [2.24, 2.45) is 0 Å². The highest BCUT2D eigenvalue weighted by molar-refractivity contribution is 5.99. The normalized spacial score (nSPS) is 11.2. The van der Waals surface area contributed by atoms with E-state index < -0.39 is 0 Å². The van der Waals surface area contributed by atoms with Gasteiger partial charge in [0.25, 0.3) is 0 Å². The molecule has 0 aromatic heterocycles. The average Bonchev–Trinajstić information content (AvgIpc) is 3.29. The Kier molecular flexibility index (Phi) is 8.95. The molecule has 1 nitrogen and oxygen atoms in total. The summed E-state index contributed by atoms with van der Waals surface area (Å²) < 4.78 is 0. The van der Waals surface area contributed by atoms with Gasteiger partial charge in [0.15, 0.2) is 0 Å². The van der Waals surface area contributed by atoms with Gasteiger partial charge >= 0.3 is 0 Å². The van der Waals surface area contributed by atoms with Crippen molar-refractivity contribution >= 4 is 38.6 Å². The Morgan fingerprint density at radius 1 is 0.211 bits per heavy atom. The molecule has 0 fully saturated rings. The lowest BCUT2D eigenvalue weighted by Gasteiger charge is -2.27. The van der Waals surface area contributed by atoms with Crippen molar-refractivity contribution in [3.8, 4) is 55.6 Å². The van der Waals surface area contributed by atoms with Gasteiger partial charge in [0.2, 0.25) is 0 Å². The molecule has 0 saturated heterocycles. The van der Waals surface area contributed by atoms with Crippen LogP contribution in [0.1, 0.15) is 0 Å². The summed E-state index contributed by atoms with van der Waals surface area (Å²) in [4.78, 5) is 2.39. The summed E-state index contributed by atoms with van der Waals surface area (Å²) in [5, 5.41) is 4.93. The summed E-state index contributed by atoms with van der Waals surface area (Å²) in [5.41, 5.74) is 15.2. The third kappa shape index (κ3) is 6.77. The smallest absolute Gasteiger partial charge is 0.0468 e. The maximum Gasteiger partial charge on any atom is 0.0468 e. The first-order valence-corrected chi connectivity index (χ1v) is 19.6. The number of hydrogen-bond donors (Lipinski definition) is 0. The molecule has 0 N–H and O–H groups in total. The average molecular weight is 726 g/mol. The Bertz CT molecular complexity index is 2920. The van der Waals surface area contributed by atoms with Gasteiger partial charge in [0.1, 0.15) is 0 Å². The zero-order valence-electron chi connectivity index (χ0n) is 31.5. The monoisotopic (exact) mass is 725 g/mol. The van der Waals surface area contributed by atoms with Crippen LogP contribution in [-0.4, -0.2) is 0 Å². The number of anilines is 3. The van der Waals surface area contributed by atoms with Crippen LogP contribution < -0.4 is 4.90 Å². The lowest BCUT2D eigenvalue weighted by molar-refractivity contribution is 1.29. The molecule has 1 heteroatoms. The van der Waals surface area contributed by atoms with Gasteiger partial charge in [0.05, 0.1) is 0 Å². The molecule has 0 heterocycles. The van der Waals surface area contributed by atoms with Crippen LogP contribution in [0.5, 0.6) is 0 Å². The Labute approximate surface area is 334 Å². The molecule has 268 valence electrons. The van der Waals surface area contributed by atoms with Crippen molar-refractivity contribution < 1.29 is 0 Å². The van der Waals surface area contributed by atoms with Gasteiger partial charge in [-0.2, -0.15) is 0 Å². The quantitative estimate of drug-likeness (QED) is 0.151. The van der Waals surface area contributed by atoms with Gasteiger partial charge < -0.3 is 4.90 Å². The molecule has 0 aliphatic carbocycles. The molecule has 0 spiro atoms. The Balaban J connectivity index is 1.16. The molecule has 57 heavy (non-hydrogen) atoms. The summed E-state index contributed by atoms with van der Waals surface area (Å²) >= 11 is 0. The molecule has 10 rings (SSSR count). The largest absolute Gasteiger partial charge is 0.310 e. The summed E-state index contributed by atoms with van der Waals surface area (Å²) in [6, 6.07) is 85.8. The Morgan fingerprint density at radius 2 is 0.649 bits per heavy atom. The van der Waals surface area contributed by atoms with Gasteiger partial charge in [-0.3, -0.25) is 0 Å². The third-order valence-corrected chi connectivity index (χ3v) is 11.0. The Hall–Kier alpha value is -7.48.